The first kappa shape index (κ1) is 15.6. The molecule has 1 aromatic carbocycles. The first-order chi connectivity index (χ1) is 12.2. The number of aromatic nitrogens is 2. The van der Waals surface area contributed by atoms with Gasteiger partial charge in [0.1, 0.15) is 4.88 Å². The highest BCUT2D eigenvalue weighted by Gasteiger charge is 2.21. The molecule has 4 rings (SSSR count). The molecule has 0 bridgehead atoms. The smallest absolute Gasteiger partial charge is 0.263 e. The number of aryl methyl sites for hydroxylation is 1. The Hall–Kier alpha value is -2.93. The quantitative estimate of drug-likeness (QED) is 0.761. The maximum atomic E-state index is 12.4. The molecule has 126 valence electrons. The molecule has 0 fully saturated rings. The minimum atomic E-state index is -0.233. The minimum Gasteiger partial charge on any atom is -0.351 e. The summed E-state index contributed by atoms with van der Waals surface area (Å²) >= 11 is 1.22. The number of nitrogens with one attached hydrogen (secondary N) is 2. The molecular formula is C18H16N4O2S. The van der Waals surface area contributed by atoms with E-state index in [-0.39, 0.29) is 11.8 Å². The van der Waals surface area contributed by atoms with Crippen LogP contribution >= 0.6 is 11.3 Å². The largest absolute Gasteiger partial charge is 0.351 e. The molecule has 0 unspecified atom stereocenters. The third-order valence-electron chi connectivity index (χ3n) is 4.03. The van der Waals surface area contributed by atoms with Gasteiger partial charge >= 0.3 is 0 Å². The molecule has 3 aromatic rings. The lowest BCUT2D eigenvalue weighted by atomic mass is 10.2. The number of benzene rings is 1. The molecule has 2 aromatic heterocycles. The van der Waals surface area contributed by atoms with E-state index >= 15 is 0 Å². The first-order valence-corrected chi connectivity index (χ1v) is 8.85. The summed E-state index contributed by atoms with van der Waals surface area (Å²) in [5.41, 5.74) is 2.29. The fourth-order valence-corrected chi connectivity index (χ4v) is 3.67. The van der Waals surface area contributed by atoms with Crippen molar-refractivity contribution in [1.82, 2.24) is 14.9 Å². The number of anilines is 1. The Kier molecular flexibility index (Phi) is 4.07. The van der Waals surface area contributed by atoms with Crippen LogP contribution in [0.15, 0.2) is 48.8 Å². The standard InChI is InChI=1S/C18H16N4O2S/c23-16(12-5-7-13(8-6-12)22-10-1-2-11-22)21-18-20-14-4-3-9-19-17(24)15(14)25-18/h1-2,5-8,10-11H,3-4,9H2,(H,19,24)(H,20,21,23). The van der Waals surface area contributed by atoms with Crippen molar-refractivity contribution in [2.45, 2.75) is 12.8 Å². The van der Waals surface area contributed by atoms with E-state index in [9.17, 15) is 9.59 Å². The second-order valence-corrected chi connectivity index (χ2v) is 6.74. The van der Waals surface area contributed by atoms with Crippen LogP contribution in [0.4, 0.5) is 5.13 Å². The van der Waals surface area contributed by atoms with E-state index in [0.717, 1.165) is 24.2 Å². The van der Waals surface area contributed by atoms with E-state index in [1.54, 1.807) is 12.1 Å². The molecule has 1 aliphatic rings. The summed E-state index contributed by atoms with van der Waals surface area (Å²) in [5.74, 6) is -0.343. The molecule has 3 heterocycles. The fourth-order valence-electron chi connectivity index (χ4n) is 2.75. The van der Waals surface area contributed by atoms with Gasteiger partial charge in [-0.2, -0.15) is 0 Å². The van der Waals surface area contributed by atoms with Gasteiger partial charge in [0.05, 0.1) is 5.69 Å². The van der Waals surface area contributed by atoms with Crippen LogP contribution in [0.25, 0.3) is 5.69 Å². The molecule has 0 saturated carbocycles. The number of amides is 2. The highest BCUT2D eigenvalue weighted by molar-refractivity contribution is 7.17. The maximum absolute atomic E-state index is 12.4. The van der Waals surface area contributed by atoms with Crippen molar-refractivity contribution in [3.8, 4) is 5.69 Å². The third kappa shape index (κ3) is 3.18. The average Bonchev–Trinajstić information content (AvgIpc) is 3.26. The van der Waals surface area contributed by atoms with E-state index < -0.39 is 0 Å². The molecule has 0 spiro atoms. The molecule has 0 radical (unpaired) electrons. The zero-order chi connectivity index (χ0) is 17.2. The minimum absolute atomic E-state index is 0.110. The van der Waals surface area contributed by atoms with E-state index in [1.807, 2.05) is 41.2 Å². The average molecular weight is 352 g/mol. The van der Waals surface area contributed by atoms with Crippen LogP contribution < -0.4 is 10.6 Å². The summed E-state index contributed by atoms with van der Waals surface area (Å²) in [5, 5.41) is 6.09. The first-order valence-electron chi connectivity index (χ1n) is 8.03. The van der Waals surface area contributed by atoms with E-state index in [1.165, 1.54) is 11.3 Å². The molecule has 0 aliphatic carbocycles. The van der Waals surface area contributed by atoms with Gasteiger partial charge in [0.15, 0.2) is 5.13 Å². The summed E-state index contributed by atoms with van der Waals surface area (Å²) in [6, 6.07) is 11.2. The Morgan fingerprint density at radius 3 is 2.72 bits per heavy atom. The molecule has 0 saturated heterocycles. The van der Waals surface area contributed by atoms with Gasteiger partial charge in [-0.15, -0.1) is 0 Å². The number of hydrogen-bond acceptors (Lipinski definition) is 4. The molecular weight excluding hydrogens is 336 g/mol. The molecule has 0 atom stereocenters. The van der Waals surface area contributed by atoms with Gasteiger partial charge in [0, 0.05) is 30.2 Å². The van der Waals surface area contributed by atoms with E-state index in [0.29, 0.717) is 22.1 Å². The van der Waals surface area contributed by atoms with Crippen molar-refractivity contribution >= 4 is 28.3 Å². The molecule has 25 heavy (non-hydrogen) atoms. The Morgan fingerprint density at radius 2 is 1.96 bits per heavy atom. The Bertz CT molecular complexity index is 913. The molecule has 1 aliphatic heterocycles. The number of carbonyl (C=O) groups is 2. The van der Waals surface area contributed by atoms with Gasteiger partial charge in [-0.05, 0) is 49.2 Å². The topological polar surface area (TPSA) is 76.0 Å². The summed E-state index contributed by atoms with van der Waals surface area (Å²) in [6.07, 6.45) is 5.49. The number of thiazole rings is 1. The second kappa shape index (κ2) is 6.52. The van der Waals surface area contributed by atoms with Crippen molar-refractivity contribution < 1.29 is 9.59 Å². The van der Waals surface area contributed by atoms with Gasteiger partial charge < -0.3 is 9.88 Å². The van der Waals surface area contributed by atoms with Crippen LogP contribution in [0.5, 0.6) is 0 Å². The zero-order valence-corrected chi connectivity index (χ0v) is 14.2. The van der Waals surface area contributed by atoms with Crippen molar-refractivity contribution in [2.75, 3.05) is 11.9 Å². The van der Waals surface area contributed by atoms with E-state index in [4.69, 9.17) is 0 Å². The van der Waals surface area contributed by atoms with E-state index in [2.05, 4.69) is 15.6 Å². The molecule has 7 heteroatoms. The monoisotopic (exact) mass is 352 g/mol. The molecule has 2 N–H and O–H groups in total. The highest BCUT2D eigenvalue weighted by atomic mass is 32.1. The van der Waals surface area contributed by atoms with Crippen molar-refractivity contribution in [3.05, 3.63) is 64.9 Å². The lowest BCUT2D eigenvalue weighted by Crippen LogP contribution is -2.21. The van der Waals surface area contributed by atoms with Crippen LogP contribution in [-0.4, -0.2) is 27.9 Å². The van der Waals surface area contributed by atoms with Crippen molar-refractivity contribution in [3.63, 3.8) is 0 Å². The highest BCUT2D eigenvalue weighted by Crippen LogP contribution is 2.26. The van der Waals surface area contributed by atoms with Gasteiger partial charge in [0.2, 0.25) is 0 Å². The van der Waals surface area contributed by atoms with Gasteiger partial charge in [0.25, 0.3) is 11.8 Å². The Morgan fingerprint density at radius 1 is 1.20 bits per heavy atom. The zero-order valence-electron chi connectivity index (χ0n) is 13.4. The van der Waals surface area contributed by atoms with Gasteiger partial charge in [-0.25, -0.2) is 4.98 Å². The van der Waals surface area contributed by atoms with Gasteiger partial charge in [-0.1, -0.05) is 11.3 Å². The predicted molar refractivity (Wildman–Crippen MR) is 96.5 cm³/mol. The van der Waals surface area contributed by atoms with Crippen molar-refractivity contribution in [1.29, 1.82) is 0 Å². The number of nitrogens with zero attached hydrogens (tertiary/aromatic N) is 2. The summed E-state index contributed by atoms with van der Waals surface area (Å²) < 4.78 is 1.97. The fraction of sp³-hybridized carbons (Fsp3) is 0.167. The Balaban J connectivity index is 1.50. The number of rotatable bonds is 3. The predicted octanol–water partition coefficient (Wildman–Crippen LogP) is 2.86. The summed E-state index contributed by atoms with van der Waals surface area (Å²) in [4.78, 5) is 29.4. The summed E-state index contributed by atoms with van der Waals surface area (Å²) in [6.45, 7) is 0.664. The second-order valence-electron chi connectivity index (χ2n) is 5.75. The molecule has 6 nitrogen and oxygen atoms in total. The van der Waals surface area contributed by atoms with Crippen LogP contribution in [0.2, 0.25) is 0 Å². The number of carbonyl (C=O) groups excluding carboxylic acids is 2. The van der Waals surface area contributed by atoms with Crippen LogP contribution in [0.1, 0.15) is 32.1 Å². The number of fused-ring (bicyclic) bond motifs is 1. The third-order valence-corrected chi connectivity index (χ3v) is 5.04. The lowest BCUT2D eigenvalue weighted by molar-refractivity contribution is 0.0958. The van der Waals surface area contributed by atoms with Gasteiger partial charge in [-0.3, -0.25) is 14.9 Å². The normalized spacial score (nSPS) is 13.7. The Labute approximate surface area is 148 Å². The van der Waals surface area contributed by atoms with Crippen LogP contribution in [0.3, 0.4) is 0 Å². The SMILES string of the molecule is O=C(Nc1nc2c(s1)C(=O)NCCC2)c1ccc(-n2cccc2)cc1. The summed E-state index contributed by atoms with van der Waals surface area (Å²) in [7, 11) is 0. The lowest BCUT2D eigenvalue weighted by Gasteiger charge is -2.05. The van der Waals surface area contributed by atoms with Crippen LogP contribution in [0, 0.1) is 0 Å². The number of hydrogen-bond donors (Lipinski definition) is 2. The van der Waals surface area contributed by atoms with Crippen LogP contribution in [-0.2, 0) is 6.42 Å². The maximum Gasteiger partial charge on any atom is 0.263 e. The van der Waals surface area contributed by atoms with Crippen molar-refractivity contribution in [2.24, 2.45) is 0 Å². The molecule has 2 amide bonds.